The number of hydrogen-bond acceptors (Lipinski definition) is 1. The number of rotatable bonds is 6. The Labute approximate surface area is 98.1 Å². The Balaban J connectivity index is 2.80. The summed E-state index contributed by atoms with van der Waals surface area (Å²) in [5.41, 5.74) is 0.796. The quantitative estimate of drug-likeness (QED) is 0.771. The highest BCUT2D eigenvalue weighted by atomic mass is 19.1. The molecule has 16 heavy (non-hydrogen) atoms. The summed E-state index contributed by atoms with van der Waals surface area (Å²) in [5, 5.41) is 3.36. The highest BCUT2D eigenvalue weighted by molar-refractivity contribution is 5.21. The number of hydrogen-bond donors (Lipinski definition) is 1. The van der Waals surface area contributed by atoms with Gasteiger partial charge in [0.15, 0.2) is 0 Å². The van der Waals surface area contributed by atoms with Gasteiger partial charge in [-0.3, -0.25) is 0 Å². The molecule has 2 heteroatoms. The molecule has 0 fully saturated rings. The first-order valence-corrected chi connectivity index (χ1v) is 6.16. The molecule has 0 saturated carbocycles. The summed E-state index contributed by atoms with van der Waals surface area (Å²) in [6.45, 7) is 7.32. The molecule has 0 aliphatic heterocycles. The molecule has 0 aromatic heterocycles. The van der Waals surface area contributed by atoms with E-state index >= 15 is 0 Å². The van der Waals surface area contributed by atoms with Gasteiger partial charge in [0.05, 0.1) is 0 Å². The van der Waals surface area contributed by atoms with E-state index in [1.165, 1.54) is 6.07 Å². The van der Waals surface area contributed by atoms with Crippen LogP contribution < -0.4 is 5.32 Å². The lowest BCUT2D eigenvalue weighted by molar-refractivity contribution is 0.398. The van der Waals surface area contributed by atoms with Crippen molar-refractivity contribution in [1.82, 2.24) is 5.32 Å². The van der Waals surface area contributed by atoms with Crippen LogP contribution in [-0.2, 0) is 0 Å². The third-order valence-corrected chi connectivity index (χ3v) is 3.07. The van der Waals surface area contributed by atoms with E-state index in [4.69, 9.17) is 0 Å². The Hall–Kier alpha value is -0.890. The van der Waals surface area contributed by atoms with Crippen molar-refractivity contribution in [3.8, 4) is 0 Å². The van der Waals surface area contributed by atoms with Crippen LogP contribution in [0.5, 0.6) is 0 Å². The van der Waals surface area contributed by atoms with E-state index in [1.807, 2.05) is 12.1 Å². The zero-order valence-corrected chi connectivity index (χ0v) is 10.5. The molecule has 2 atom stereocenters. The predicted molar refractivity (Wildman–Crippen MR) is 66.9 cm³/mol. The number of benzene rings is 1. The second-order valence-corrected chi connectivity index (χ2v) is 4.38. The highest BCUT2D eigenvalue weighted by Crippen LogP contribution is 2.24. The van der Waals surface area contributed by atoms with Crippen LogP contribution in [0.15, 0.2) is 24.3 Å². The minimum Gasteiger partial charge on any atom is -0.310 e. The first-order valence-electron chi connectivity index (χ1n) is 6.16. The van der Waals surface area contributed by atoms with Crippen molar-refractivity contribution in [3.05, 3.63) is 35.6 Å². The van der Waals surface area contributed by atoms with Crippen molar-refractivity contribution < 1.29 is 4.39 Å². The molecule has 0 saturated heterocycles. The lowest BCUT2D eigenvalue weighted by Crippen LogP contribution is -2.23. The molecule has 1 N–H and O–H groups in total. The Morgan fingerprint density at radius 3 is 2.50 bits per heavy atom. The lowest BCUT2D eigenvalue weighted by atomic mass is 9.94. The van der Waals surface area contributed by atoms with Crippen LogP contribution in [0.4, 0.5) is 4.39 Å². The van der Waals surface area contributed by atoms with Gasteiger partial charge in [0, 0.05) is 11.6 Å². The van der Waals surface area contributed by atoms with Gasteiger partial charge in [-0.1, -0.05) is 45.4 Å². The molecule has 1 aromatic rings. The Morgan fingerprint density at radius 1 is 1.25 bits per heavy atom. The van der Waals surface area contributed by atoms with Gasteiger partial charge in [0.1, 0.15) is 5.82 Å². The fourth-order valence-corrected chi connectivity index (χ4v) is 1.89. The van der Waals surface area contributed by atoms with Crippen LogP contribution in [0.25, 0.3) is 0 Å². The number of halogens is 1. The maximum atomic E-state index is 13.7. The number of nitrogens with one attached hydrogen (secondary N) is 1. The maximum Gasteiger partial charge on any atom is 0.127 e. The second-order valence-electron chi connectivity index (χ2n) is 4.38. The highest BCUT2D eigenvalue weighted by Gasteiger charge is 2.16. The van der Waals surface area contributed by atoms with Crippen molar-refractivity contribution in [2.75, 3.05) is 6.54 Å². The van der Waals surface area contributed by atoms with E-state index < -0.39 is 0 Å². The van der Waals surface area contributed by atoms with Crippen LogP contribution in [-0.4, -0.2) is 6.54 Å². The van der Waals surface area contributed by atoms with Gasteiger partial charge in [-0.15, -0.1) is 0 Å². The average molecular weight is 223 g/mol. The van der Waals surface area contributed by atoms with Crippen LogP contribution in [0.1, 0.15) is 45.2 Å². The van der Waals surface area contributed by atoms with Crippen molar-refractivity contribution >= 4 is 0 Å². The zero-order chi connectivity index (χ0) is 12.0. The maximum absolute atomic E-state index is 13.7. The smallest absolute Gasteiger partial charge is 0.127 e. The topological polar surface area (TPSA) is 12.0 Å². The minimum atomic E-state index is -0.100. The molecule has 0 heterocycles. The summed E-state index contributed by atoms with van der Waals surface area (Å²) < 4.78 is 13.7. The van der Waals surface area contributed by atoms with E-state index in [9.17, 15) is 4.39 Å². The molecule has 0 bridgehead atoms. The van der Waals surface area contributed by atoms with Gasteiger partial charge < -0.3 is 5.32 Å². The normalized spacial score (nSPS) is 14.8. The lowest BCUT2D eigenvalue weighted by Gasteiger charge is -2.22. The molecule has 0 aliphatic carbocycles. The van der Waals surface area contributed by atoms with Gasteiger partial charge in [-0.2, -0.15) is 0 Å². The molecular weight excluding hydrogens is 201 g/mol. The van der Waals surface area contributed by atoms with Crippen molar-refractivity contribution in [1.29, 1.82) is 0 Å². The summed E-state index contributed by atoms with van der Waals surface area (Å²) >= 11 is 0. The van der Waals surface area contributed by atoms with E-state index in [-0.39, 0.29) is 11.9 Å². The van der Waals surface area contributed by atoms with Gasteiger partial charge in [0.25, 0.3) is 0 Å². The SMILES string of the molecule is CCNC(CC(C)CC)c1ccccc1F. The van der Waals surface area contributed by atoms with E-state index in [0.717, 1.165) is 24.9 Å². The monoisotopic (exact) mass is 223 g/mol. The Kier molecular flexibility index (Phi) is 5.47. The van der Waals surface area contributed by atoms with E-state index in [1.54, 1.807) is 6.07 Å². The summed E-state index contributed by atoms with van der Waals surface area (Å²) in [4.78, 5) is 0. The molecule has 0 aliphatic rings. The van der Waals surface area contributed by atoms with Gasteiger partial charge in [-0.25, -0.2) is 4.39 Å². The molecule has 0 spiro atoms. The summed E-state index contributed by atoms with van der Waals surface area (Å²) in [6.07, 6.45) is 2.13. The molecule has 0 radical (unpaired) electrons. The molecule has 0 amide bonds. The van der Waals surface area contributed by atoms with E-state index in [2.05, 4.69) is 26.1 Å². The van der Waals surface area contributed by atoms with Crippen LogP contribution in [0.2, 0.25) is 0 Å². The van der Waals surface area contributed by atoms with Crippen molar-refractivity contribution in [3.63, 3.8) is 0 Å². The van der Waals surface area contributed by atoms with Gasteiger partial charge in [-0.05, 0) is 24.9 Å². The summed E-state index contributed by atoms with van der Waals surface area (Å²) in [7, 11) is 0. The van der Waals surface area contributed by atoms with Crippen molar-refractivity contribution in [2.24, 2.45) is 5.92 Å². The fourth-order valence-electron chi connectivity index (χ4n) is 1.89. The third-order valence-electron chi connectivity index (χ3n) is 3.07. The third kappa shape index (κ3) is 3.60. The van der Waals surface area contributed by atoms with Crippen LogP contribution >= 0.6 is 0 Å². The Morgan fingerprint density at radius 2 is 1.94 bits per heavy atom. The zero-order valence-electron chi connectivity index (χ0n) is 10.5. The van der Waals surface area contributed by atoms with Crippen LogP contribution in [0, 0.1) is 11.7 Å². The first-order chi connectivity index (χ1) is 7.69. The van der Waals surface area contributed by atoms with Crippen LogP contribution in [0.3, 0.4) is 0 Å². The fraction of sp³-hybridized carbons (Fsp3) is 0.571. The molecule has 1 nitrogen and oxygen atoms in total. The van der Waals surface area contributed by atoms with Crippen molar-refractivity contribution in [2.45, 2.75) is 39.7 Å². The molecular formula is C14H22FN. The van der Waals surface area contributed by atoms with Gasteiger partial charge in [0.2, 0.25) is 0 Å². The Bertz CT molecular complexity index is 311. The molecule has 90 valence electrons. The molecule has 1 aromatic carbocycles. The first kappa shape index (κ1) is 13.2. The average Bonchev–Trinajstić information content (AvgIpc) is 2.29. The van der Waals surface area contributed by atoms with E-state index in [0.29, 0.717) is 5.92 Å². The molecule has 1 rings (SSSR count). The predicted octanol–water partition coefficient (Wildman–Crippen LogP) is 3.91. The summed E-state index contributed by atoms with van der Waals surface area (Å²) in [5.74, 6) is 0.514. The summed E-state index contributed by atoms with van der Waals surface area (Å²) in [6, 6.07) is 7.20. The minimum absolute atomic E-state index is 0.100. The standard InChI is InChI=1S/C14H22FN/c1-4-11(3)10-14(16-5-2)12-8-6-7-9-13(12)15/h6-9,11,14,16H,4-5,10H2,1-3H3. The van der Waals surface area contributed by atoms with Gasteiger partial charge >= 0.3 is 0 Å². The second kappa shape index (κ2) is 6.64. The molecule has 2 unspecified atom stereocenters. The largest absolute Gasteiger partial charge is 0.310 e.